The molecule has 1 unspecified atom stereocenters. The molecule has 0 aromatic heterocycles. The highest BCUT2D eigenvalue weighted by Crippen LogP contribution is 2.27. The second kappa shape index (κ2) is 4.07. The Labute approximate surface area is 79.8 Å². The number of ether oxygens (including phenoxy) is 1. The quantitative estimate of drug-likeness (QED) is 0.275. The van der Waals surface area contributed by atoms with Crippen molar-refractivity contribution < 1.29 is 35.4 Å². The van der Waals surface area contributed by atoms with Gasteiger partial charge < -0.3 is 35.4 Å². The molecule has 84 valence electrons. The van der Waals surface area contributed by atoms with Gasteiger partial charge in [0.15, 0.2) is 0 Å². The lowest BCUT2D eigenvalue weighted by molar-refractivity contribution is -0.357. The van der Waals surface area contributed by atoms with Crippen LogP contribution in [0.2, 0.25) is 0 Å². The van der Waals surface area contributed by atoms with Gasteiger partial charge in [-0.1, -0.05) is 0 Å². The topological polar surface area (TPSA) is 131 Å². The van der Waals surface area contributed by atoms with E-state index in [4.69, 9.17) is 10.2 Å². The molecule has 1 aliphatic rings. The third-order valence-electron chi connectivity index (χ3n) is 2.28. The van der Waals surface area contributed by atoms with E-state index in [1.54, 1.807) is 0 Å². The Morgan fingerprint density at radius 2 is 1.64 bits per heavy atom. The van der Waals surface area contributed by atoms with Crippen molar-refractivity contribution >= 4 is 0 Å². The van der Waals surface area contributed by atoms with Gasteiger partial charge >= 0.3 is 0 Å². The van der Waals surface area contributed by atoms with Crippen molar-refractivity contribution in [2.75, 3.05) is 13.2 Å². The van der Waals surface area contributed by atoms with Crippen molar-refractivity contribution in [1.82, 2.24) is 0 Å². The van der Waals surface area contributed by atoms with E-state index in [1.165, 1.54) is 0 Å². The van der Waals surface area contributed by atoms with Crippen LogP contribution < -0.4 is 0 Å². The molecular weight excluding hydrogens is 196 g/mol. The van der Waals surface area contributed by atoms with Gasteiger partial charge in [-0.15, -0.1) is 0 Å². The summed E-state index contributed by atoms with van der Waals surface area (Å²) >= 11 is 0. The molecule has 1 saturated heterocycles. The molecule has 0 radical (unpaired) electrons. The first-order valence-corrected chi connectivity index (χ1v) is 4.12. The molecule has 7 heteroatoms. The minimum Gasteiger partial charge on any atom is -0.394 e. The summed E-state index contributed by atoms with van der Waals surface area (Å²) in [6.45, 7) is -1.60. The summed E-state index contributed by atoms with van der Waals surface area (Å²) < 4.78 is 4.66. The summed E-state index contributed by atoms with van der Waals surface area (Å²) in [6, 6.07) is 0. The smallest absolute Gasteiger partial charge is 0.219 e. The second-order valence-corrected chi connectivity index (χ2v) is 3.27. The third-order valence-corrected chi connectivity index (χ3v) is 2.28. The summed E-state index contributed by atoms with van der Waals surface area (Å²) in [5.74, 6) is -2.36. The molecule has 1 aliphatic heterocycles. The molecule has 1 fully saturated rings. The summed E-state index contributed by atoms with van der Waals surface area (Å²) in [5.41, 5.74) is 0. The van der Waals surface area contributed by atoms with Crippen molar-refractivity contribution in [3.63, 3.8) is 0 Å². The summed E-state index contributed by atoms with van der Waals surface area (Å²) in [4.78, 5) is 0. The lowest BCUT2D eigenvalue weighted by atomic mass is 9.93. The Kier molecular flexibility index (Phi) is 3.43. The van der Waals surface area contributed by atoms with Gasteiger partial charge in [-0.25, -0.2) is 0 Å². The van der Waals surface area contributed by atoms with Gasteiger partial charge in [0, 0.05) is 0 Å². The predicted molar refractivity (Wildman–Crippen MR) is 42.0 cm³/mol. The van der Waals surface area contributed by atoms with E-state index in [9.17, 15) is 20.4 Å². The molecule has 0 saturated carbocycles. The first kappa shape index (κ1) is 11.8. The van der Waals surface area contributed by atoms with E-state index in [1.807, 2.05) is 0 Å². The summed E-state index contributed by atoms with van der Waals surface area (Å²) in [6.07, 6.45) is -6.27. The lowest BCUT2D eigenvalue weighted by Gasteiger charge is -2.44. The molecule has 0 spiro atoms. The van der Waals surface area contributed by atoms with Gasteiger partial charge in [-0.3, -0.25) is 0 Å². The highest BCUT2D eigenvalue weighted by molar-refractivity contribution is 4.95. The largest absolute Gasteiger partial charge is 0.394 e. The Morgan fingerprint density at radius 1 is 1.07 bits per heavy atom. The zero-order valence-electron chi connectivity index (χ0n) is 7.32. The fraction of sp³-hybridized carbons (Fsp3) is 1.00. The average molecular weight is 210 g/mol. The van der Waals surface area contributed by atoms with Gasteiger partial charge in [0.1, 0.15) is 24.4 Å². The Hall–Kier alpha value is -0.280. The highest BCUT2D eigenvalue weighted by Gasteiger charge is 2.52. The van der Waals surface area contributed by atoms with Gasteiger partial charge in [-0.2, -0.15) is 0 Å². The minimum absolute atomic E-state index is 0.646. The molecule has 7 nitrogen and oxygen atoms in total. The molecule has 5 atom stereocenters. The SMILES string of the molecule is OC[C@H]1OC(O)(CO)[C@@H](O)[C@H](O)[C@@H]1O. The van der Waals surface area contributed by atoms with Crippen molar-refractivity contribution in [3.05, 3.63) is 0 Å². The fourth-order valence-corrected chi connectivity index (χ4v) is 1.35. The molecule has 0 bridgehead atoms. The summed E-state index contributed by atoms with van der Waals surface area (Å²) in [7, 11) is 0. The normalized spacial score (nSPS) is 49.3. The van der Waals surface area contributed by atoms with E-state index in [0.717, 1.165) is 0 Å². The minimum atomic E-state index is -2.36. The lowest BCUT2D eigenvalue weighted by Crippen LogP contribution is -2.66. The number of aliphatic hydroxyl groups excluding tert-OH is 5. The zero-order valence-corrected chi connectivity index (χ0v) is 7.32. The molecular formula is C7H14O7. The Morgan fingerprint density at radius 3 is 2.07 bits per heavy atom. The van der Waals surface area contributed by atoms with Crippen LogP contribution in [0, 0.1) is 0 Å². The van der Waals surface area contributed by atoms with Crippen molar-refractivity contribution in [2.24, 2.45) is 0 Å². The van der Waals surface area contributed by atoms with Crippen LogP contribution in [0.5, 0.6) is 0 Å². The van der Waals surface area contributed by atoms with Crippen LogP contribution in [-0.2, 0) is 4.74 Å². The van der Waals surface area contributed by atoms with Crippen molar-refractivity contribution in [3.8, 4) is 0 Å². The van der Waals surface area contributed by atoms with E-state index in [0.29, 0.717) is 0 Å². The molecule has 0 aromatic carbocycles. The van der Waals surface area contributed by atoms with Gasteiger partial charge in [0.25, 0.3) is 0 Å². The molecule has 6 N–H and O–H groups in total. The standard InChI is InChI=1S/C7H14O7/c8-1-3-4(10)5(11)6(12)7(13,2-9)14-3/h3-6,8-13H,1-2H2/t3-,4-,5-,6+,7?/m1/s1. The number of hydrogen-bond acceptors (Lipinski definition) is 7. The van der Waals surface area contributed by atoms with E-state index >= 15 is 0 Å². The Bertz CT molecular complexity index is 196. The maximum Gasteiger partial charge on any atom is 0.219 e. The maximum absolute atomic E-state index is 9.43. The molecule has 1 heterocycles. The molecule has 14 heavy (non-hydrogen) atoms. The van der Waals surface area contributed by atoms with Gasteiger partial charge in [0.2, 0.25) is 5.79 Å². The second-order valence-electron chi connectivity index (χ2n) is 3.27. The summed E-state index contributed by atoms with van der Waals surface area (Å²) in [5, 5.41) is 54.6. The van der Waals surface area contributed by atoms with Crippen LogP contribution in [0.1, 0.15) is 0 Å². The third kappa shape index (κ3) is 1.75. The number of hydrogen-bond donors (Lipinski definition) is 6. The molecule has 0 aliphatic carbocycles. The van der Waals surface area contributed by atoms with Crippen molar-refractivity contribution in [2.45, 2.75) is 30.2 Å². The first-order chi connectivity index (χ1) is 6.46. The van der Waals surface area contributed by atoms with Crippen LogP contribution in [0.3, 0.4) is 0 Å². The molecule has 0 aromatic rings. The number of rotatable bonds is 2. The van der Waals surface area contributed by atoms with Crippen LogP contribution in [0.25, 0.3) is 0 Å². The van der Waals surface area contributed by atoms with Crippen LogP contribution in [0.4, 0.5) is 0 Å². The van der Waals surface area contributed by atoms with Crippen LogP contribution in [-0.4, -0.2) is 74.1 Å². The van der Waals surface area contributed by atoms with Gasteiger partial charge in [0.05, 0.1) is 13.2 Å². The average Bonchev–Trinajstić information content (AvgIpc) is 2.20. The van der Waals surface area contributed by atoms with E-state index < -0.39 is 43.4 Å². The maximum atomic E-state index is 9.43. The van der Waals surface area contributed by atoms with Gasteiger partial charge in [-0.05, 0) is 0 Å². The zero-order chi connectivity index (χ0) is 10.9. The predicted octanol–water partition coefficient (Wildman–Crippen LogP) is -3.86. The first-order valence-electron chi connectivity index (χ1n) is 4.12. The monoisotopic (exact) mass is 210 g/mol. The van der Waals surface area contributed by atoms with E-state index in [-0.39, 0.29) is 0 Å². The highest BCUT2D eigenvalue weighted by atomic mass is 16.7. The van der Waals surface area contributed by atoms with Crippen molar-refractivity contribution in [1.29, 1.82) is 0 Å². The van der Waals surface area contributed by atoms with Crippen LogP contribution >= 0.6 is 0 Å². The van der Waals surface area contributed by atoms with Crippen LogP contribution in [0.15, 0.2) is 0 Å². The molecule has 1 rings (SSSR count). The molecule has 0 amide bonds. The number of aliphatic hydroxyl groups is 6. The Balaban J connectivity index is 2.84. The fourth-order valence-electron chi connectivity index (χ4n) is 1.35. The van der Waals surface area contributed by atoms with E-state index in [2.05, 4.69) is 4.74 Å².